The zero-order valence-electron chi connectivity index (χ0n) is 15.4. The summed E-state index contributed by atoms with van der Waals surface area (Å²) in [5.74, 6) is 0.456. The molecule has 3 rings (SSSR count). The van der Waals surface area contributed by atoms with E-state index in [0.29, 0.717) is 17.3 Å². The molecule has 2 amide bonds. The summed E-state index contributed by atoms with van der Waals surface area (Å²) in [5, 5.41) is 12.2. The average molecular weight is 388 g/mol. The Morgan fingerprint density at radius 2 is 2.07 bits per heavy atom. The predicted octanol–water partition coefficient (Wildman–Crippen LogP) is 3.42. The molecule has 144 valence electrons. The molecule has 2 aromatic rings. The highest BCUT2D eigenvalue weighted by Gasteiger charge is 2.21. The van der Waals surface area contributed by atoms with E-state index in [2.05, 4.69) is 22.4 Å². The van der Waals surface area contributed by atoms with Crippen molar-refractivity contribution in [1.29, 1.82) is 0 Å². The van der Waals surface area contributed by atoms with Crippen LogP contribution in [0.1, 0.15) is 44.0 Å². The minimum absolute atomic E-state index is 0.104. The van der Waals surface area contributed by atoms with Gasteiger partial charge in [0.25, 0.3) is 5.91 Å². The van der Waals surface area contributed by atoms with Crippen LogP contribution >= 0.6 is 11.3 Å². The Balaban J connectivity index is 1.44. The van der Waals surface area contributed by atoms with E-state index in [9.17, 15) is 9.59 Å². The van der Waals surface area contributed by atoms with Gasteiger partial charge in [-0.05, 0) is 37.1 Å². The van der Waals surface area contributed by atoms with E-state index >= 15 is 0 Å². The Kier molecular flexibility index (Phi) is 6.75. The second-order valence-electron chi connectivity index (χ2n) is 6.44. The normalized spacial score (nSPS) is 13.8. The Morgan fingerprint density at radius 3 is 2.78 bits per heavy atom. The molecule has 1 fully saturated rings. The minimum atomic E-state index is -0.273. The fourth-order valence-electron chi connectivity index (χ4n) is 2.88. The van der Waals surface area contributed by atoms with Crippen molar-refractivity contribution in [3.05, 3.63) is 29.3 Å². The maximum absolute atomic E-state index is 12.0. The molecular formula is C19H24N4O3S. The predicted molar refractivity (Wildman–Crippen MR) is 105 cm³/mol. The number of amides is 2. The van der Waals surface area contributed by atoms with Crippen LogP contribution < -0.4 is 15.0 Å². The molecule has 1 aliphatic heterocycles. The summed E-state index contributed by atoms with van der Waals surface area (Å²) in [6.45, 7) is 2.81. The first-order valence-electron chi connectivity index (χ1n) is 9.31. The number of carbonyl (C=O) groups excluding carboxylic acids is 2. The lowest BCUT2D eigenvalue weighted by Crippen LogP contribution is -2.23. The summed E-state index contributed by atoms with van der Waals surface area (Å²) < 4.78 is 5.51. The van der Waals surface area contributed by atoms with Gasteiger partial charge in [0, 0.05) is 25.1 Å². The highest BCUT2D eigenvalue weighted by molar-refractivity contribution is 7.15. The van der Waals surface area contributed by atoms with Crippen molar-refractivity contribution in [1.82, 2.24) is 10.2 Å². The van der Waals surface area contributed by atoms with Gasteiger partial charge in [0.1, 0.15) is 10.8 Å². The molecule has 0 saturated carbocycles. The average Bonchev–Trinajstić information content (AvgIpc) is 3.29. The Bertz CT molecular complexity index is 776. The fraction of sp³-hybridized carbons (Fsp3) is 0.474. The molecule has 0 atom stereocenters. The Hall–Kier alpha value is -2.48. The number of ether oxygens (including phenoxy) is 1. The molecule has 0 unspecified atom stereocenters. The second kappa shape index (κ2) is 9.45. The van der Waals surface area contributed by atoms with Gasteiger partial charge >= 0.3 is 0 Å². The highest BCUT2D eigenvalue weighted by atomic mass is 32.1. The minimum Gasteiger partial charge on any atom is -0.484 e. The van der Waals surface area contributed by atoms with Crippen LogP contribution in [0, 0.1) is 0 Å². The highest BCUT2D eigenvalue weighted by Crippen LogP contribution is 2.24. The van der Waals surface area contributed by atoms with Crippen LogP contribution in [0.4, 0.5) is 10.8 Å². The van der Waals surface area contributed by atoms with Crippen molar-refractivity contribution in [2.45, 2.75) is 45.4 Å². The summed E-state index contributed by atoms with van der Waals surface area (Å²) >= 11 is 1.40. The first kappa shape index (κ1) is 19.3. The number of unbranched alkanes of at least 4 members (excludes halogenated alkanes) is 2. The van der Waals surface area contributed by atoms with Crippen LogP contribution in [0.25, 0.3) is 0 Å². The van der Waals surface area contributed by atoms with Crippen LogP contribution in [-0.4, -0.2) is 35.2 Å². The molecular weight excluding hydrogens is 364 g/mol. The monoisotopic (exact) mass is 388 g/mol. The van der Waals surface area contributed by atoms with Crippen LogP contribution in [0.5, 0.6) is 5.75 Å². The first-order chi connectivity index (χ1) is 13.2. The summed E-state index contributed by atoms with van der Waals surface area (Å²) in [7, 11) is 0. The van der Waals surface area contributed by atoms with Gasteiger partial charge in [-0.2, -0.15) is 0 Å². The molecule has 1 N–H and O–H groups in total. The van der Waals surface area contributed by atoms with Crippen molar-refractivity contribution < 1.29 is 14.3 Å². The van der Waals surface area contributed by atoms with Gasteiger partial charge in [0.05, 0.1) is 0 Å². The van der Waals surface area contributed by atoms with Crippen molar-refractivity contribution in [2.24, 2.45) is 0 Å². The van der Waals surface area contributed by atoms with Gasteiger partial charge in [0.2, 0.25) is 11.0 Å². The second-order valence-corrected chi connectivity index (χ2v) is 7.50. The summed E-state index contributed by atoms with van der Waals surface area (Å²) in [6.07, 6.45) is 5.80. The van der Waals surface area contributed by atoms with E-state index in [4.69, 9.17) is 4.74 Å². The number of rotatable bonds is 9. The number of aryl methyl sites for hydroxylation is 1. The molecule has 2 heterocycles. The number of aromatic nitrogens is 2. The zero-order chi connectivity index (χ0) is 19.1. The molecule has 1 aromatic carbocycles. The summed E-state index contributed by atoms with van der Waals surface area (Å²) in [6, 6.07) is 7.21. The van der Waals surface area contributed by atoms with Crippen LogP contribution in [0.3, 0.4) is 0 Å². The van der Waals surface area contributed by atoms with E-state index < -0.39 is 0 Å². The molecule has 1 saturated heterocycles. The molecule has 1 aromatic heterocycles. The Labute approximate surface area is 162 Å². The lowest BCUT2D eigenvalue weighted by atomic mass is 10.2. The van der Waals surface area contributed by atoms with Gasteiger partial charge in [-0.1, -0.05) is 31.1 Å². The maximum atomic E-state index is 12.0. The molecule has 8 heteroatoms. The topological polar surface area (TPSA) is 84.4 Å². The quantitative estimate of drug-likeness (QED) is 0.666. The fourth-order valence-corrected chi connectivity index (χ4v) is 3.68. The van der Waals surface area contributed by atoms with Crippen LogP contribution in [0.15, 0.2) is 24.3 Å². The SMILES string of the molecule is CCCCCc1nnc(NC(=O)COc2ccc(N3CCCC3=O)cc2)s1. The number of hydrogen-bond acceptors (Lipinski definition) is 6. The van der Waals surface area contributed by atoms with Crippen molar-refractivity contribution >= 4 is 34.0 Å². The molecule has 0 spiro atoms. The van der Waals surface area contributed by atoms with E-state index in [0.717, 1.165) is 42.9 Å². The summed E-state index contributed by atoms with van der Waals surface area (Å²) in [5.41, 5.74) is 0.860. The smallest absolute Gasteiger partial charge is 0.264 e. The molecule has 0 bridgehead atoms. The third-order valence-corrected chi connectivity index (χ3v) is 5.20. The van der Waals surface area contributed by atoms with Crippen LogP contribution in [-0.2, 0) is 16.0 Å². The van der Waals surface area contributed by atoms with E-state index in [1.807, 2.05) is 12.1 Å². The number of carbonyl (C=O) groups is 2. The van der Waals surface area contributed by atoms with E-state index in [1.54, 1.807) is 17.0 Å². The lowest BCUT2D eigenvalue weighted by molar-refractivity contribution is -0.118. The maximum Gasteiger partial charge on any atom is 0.264 e. The summed E-state index contributed by atoms with van der Waals surface area (Å²) in [4.78, 5) is 25.5. The van der Waals surface area contributed by atoms with Crippen molar-refractivity contribution in [2.75, 3.05) is 23.4 Å². The lowest BCUT2D eigenvalue weighted by Gasteiger charge is -2.16. The number of anilines is 2. The molecule has 27 heavy (non-hydrogen) atoms. The van der Waals surface area contributed by atoms with Gasteiger partial charge < -0.3 is 9.64 Å². The van der Waals surface area contributed by atoms with Gasteiger partial charge in [-0.25, -0.2) is 0 Å². The number of hydrogen-bond donors (Lipinski definition) is 1. The molecule has 1 aliphatic rings. The van der Waals surface area contributed by atoms with Gasteiger partial charge in [-0.3, -0.25) is 14.9 Å². The van der Waals surface area contributed by atoms with Crippen molar-refractivity contribution in [3.8, 4) is 5.75 Å². The molecule has 0 radical (unpaired) electrons. The van der Waals surface area contributed by atoms with Crippen LogP contribution in [0.2, 0.25) is 0 Å². The van der Waals surface area contributed by atoms with Gasteiger partial charge in [0.15, 0.2) is 6.61 Å². The Morgan fingerprint density at radius 1 is 1.26 bits per heavy atom. The van der Waals surface area contributed by atoms with Crippen molar-refractivity contribution in [3.63, 3.8) is 0 Å². The molecule has 0 aliphatic carbocycles. The number of nitrogens with one attached hydrogen (secondary N) is 1. The largest absolute Gasteiger partial charge is 0.484 e. The first-order valence-corrected chi connectivity index (χ1v) is 10.1. The van der Waals surface area contributed by atoms with E-state index in [-0.39, 0.29) is 18.4 Å². The number of benzene rings is 1. The third-order valence-electron chi connectivity index (χ3n) is 4.30. The number of nitrogens with zero attached hydrogens (tertiary/aromatic N) is 3. The molecule has 7 nitrogen and oxygen atoms in total. The standard InChI is InChI=1S/C19H24N4O3S/c1-2-3-4-6-17-21-22-19(27-17)20-16(24)13-26-15-10-8-14(9-11-15)23-12-5-7-18(23)25/h8-11H,2-7,12-13H2,1H3,(H,20,22,24). The van der Waals surface area contributed by atoms with E-state index in [1.165, 1.54) is 17.8 Å². The van der Waals surface area contributed by atoms with Gasteiger partial charge in [-0.15, -0.1) is 10.2 Å². The third kappa shape index (κ3) is 5.50. The zero-order valence-corrected chi connectivity index (χ0v) is 16.3.